The van der Waals surface area contributed by atoms with Crippen molar-refractivity contribution in [2.45, 2.75) is 45.6 Å². The number of allylic oxidation sites excluding steroid dienone is 3. The lowest BCUT2D eigenvalue weighted by atomic mass is 10.1. The number of likely N-dealkylation sites (tertiary alicyclic amines) is 1. The zero-order chi connectivity index (χ0) is 22.8. The van der Waals surface area contributed by atoms with Crippen molar-refractivity contribution >= 4 is 33.3 Å². The fourth-order valence-electron chi connectivity index (χ4n) is 3.44. The zero-order valence-electron chi connectivity index (χ0n) is 19.0. The van der Waals surface area contributed by atoms with Crippen molar-refractivity contribution in [3.8, 4) is 0 Å². The van der Waals surface area contributed by atoms with Crippen molar-refractivity contribution in [3.05, 3.63) is 59.7 Å². The average molecular weight is 453 g/mol. The molecule has 1 saturated heterocycles. The topological polar surface area (TPSA) is 82.5 Å². The third-order valence-corrected chi connectivity index (χ3v) is 6.21. The normalized spacial score (nSPS) is 15.9. The summed E-state index contributed by atoms with van der Waals surface area (Å²) in [5.41, 5.74) is 2.33. The Kier molecular flexibility index (Phi) is 8.98. The Hall–Kier alpha value is -3.00. The van der Waals surface area contributed by atoms with E-state index >= 15 is 0 Å². The molecule has 0 bridgehead atoms. The summed E-state index contributed by atoms with van der Waals surface area (Å²) in [6.07, 6.45) is 9.68. The molecule has 2 aromatic rings. The van der Waals surface area contributed by atoms with Gasteiger partial charge in [0.1, 0.15) is 5.84 Å². The van der Waals surface area contributed by atoms with E-state index in [1.54, 1.807) is 0 Å². The number of benzene rings is 1. The number of amides is 1. The zero-order valence-corrected chi connectivity index (χ0v) is 19.9. The minimum atomic E-state index is -0.0874. The van der Waals surface area contributed by atoms with Crippen LogP contribution in [-0.2, 0) is 11.2 Å². The van der Waals surface area contributed by atoms with Crippen LogP contribution >= 0.6 is 11.3 Å². The Morgan fingerprint density at radius 1 is 1.22 bits per heavy atom. The van der Waals surface area contributed by atoms with Crippen LogP contribution in [0.5, 0.6) is 0 Å². The van der Waals surface area contributed by atoms with Crippen LogP contribution in [0.15, 0.2) is 59.1 Å². The molecule has 2 heterocycles. The Labute approximate surface area is 194 Å². The van der Waals surface area contributed by atoms with Gasteiger partial charge in [-0.25, -0.2) is 0 Å². The molecule has 170 valence electrons. The van der Waals surface area contributed by atoms with E-state index < -0.39 is 0 Å². The van der Waals surface area contributed by atoms with Crippen LogP contribution in [0.25, 0.3) is 0 Å². The van der Waals surface area contributed by atoms with Crippen LogP contribution in [-0.4, -0.2) is 53.0 Å². The number of rotatable bonds is 8. The van der Waals surface area contributed by atoms with Crippen molar-refractivity contribution in [2.24, 2.45) is 4.99 Å². The first-order valence-electron chi connectivity index (χ1n) is 11.1. The van der Waals surface area contributed by atoms with Crippen LogP contribution in [0.1, 0.15) is 38.7 Å². The van der Waals surface area contributed by atoms with Gasteiger partial charge in [-0.15, -0.1) is 10.2 Å². The van der Waals surface area contributed by atoms with Crippen LogP contribution < -0.4 is 10.6 Å². The lowest BCUT2D eigenvalue weighted by molar-refractivity contribution is -0.115. The quantitative estimate of drug-likeness (QED) is 0.349. The summed E-state index contributed by atoms with van der Waals surface area (Å²) in [5, 5.41) is 15.9. The third-order valence-electron chi connectivity index (χ3n) is 5.44. The second-order valence-electron chi connectivity index (χ2n) is 7.84. The molecular formula is C24H32N6OS. The highest BCUT2D eigenvalue weighted by molar-refractivity contribution is 7.19. The summed E-state index contributed by atoms with van der Waals surface area (Å²) in [6.45, 7) is 6.17. The molecule has 1 aliphatic heterocycles. The maximum Gasteiger partial charge on any atom is 0.230 e. The van der Waals surface area contributed by atoms with E-state index in [1.807, 2.05) is 37.4 Å². The molecule has 1 aliphatic rings. The van der Waals surface area contributed by atoms with E-state index in [2.05, 4.69) is 62.8 Å². The molecule has 7 nitrogen and oxygen atoms in total. The second kappa shape index (κ2) is 12.1. The Bertz CT molecular complexity index is 958. The first-order chi connectivity index (χ1) is 15.6. The molecule has 1 amide bonds. The number of hydrogen-bond donors (Lipinski definition) is 2. The summed E-state index contributed by atoms with van der Waals surface area (Å²) >= 11 is 1.37. The number of aliphatic imine (C=N–C) groups is 1. The van der Waals surface area contributed by atoms with Gasteiger partial charge >= 0.3 is 0 Å². The molecule has 2 N–H and O–H groups in total. The van der Waals surface area contributed by atoms with Crippen molar-refractivity contribution < 1.29 is 4.79 Å². The van der Waals surface area contributed by atoms with Crippen LogP contribution in [0, 0.1) is 0 Å². The maximum absolute atomic E-state index is 12.2. The molecule has 0 atom stereocenters. The molecular weight excluding hydrogens is 420 g/mol. The van der Waals surface area contributed by atoms with Gasteiger partial charge in [-0.05, 0) is 37.8 Å². The molecule has 0 radical (unpaired) electrons. The monoisotopic (exact) mass is 452 g/mol. The summed E-state index contributed by atoms with van der Waals surface area (Å²) in [4.78, 5) is 19.0. The summed E-state index contributed by atoms with van der Waals surface area (Å²) in [6, 6.07) is 10.00. The number of amidine groups is 1. The van der Waals surface area contributed by atoms with E-state index in [9.17, 15) is 4.79 Å². The maximum atomic E-state index is 12.2. The minimum Gasteiger partial charge on any atom is -0.357 e. The first kappa shape index (κ1) is 23.7. The standard InChI is InChI=1S/C24H32N6OS/c1-4-18(2)9-8-12-21(25-3)30-15-13-20(14-16-30)26-23-28-29-24(32-23)27-22(31)17-19-10-6-5-7-11-19/h5-12,20H,4,13-17H2,1-3H3,(H,26,28)(H,27,29,31)/b12-8-,18-9+,25-21?. The molecule has 0 unspecified atom stereocenters. The molecule has 0 saturated carbocycles. The molecule has 3 rings (SSSR count). The van der Waals surface area contributed by atoms with Gasteiger partial charge in [0.05, 0.1) is 6.42 Å². The fraction of sp³-hybridized carbons (Fsp3) is 0.417. The van der Waals surface area contributed by atoms with Crippen molar-refractivity contribution in [1.82, 2.24) is 15.1 Å². The lowest BCUT2D eigenvalue weighted by Gasteiger charge is -2.33. The number of carbonyl (C=O) groups is 1. The number of piperidine rings is 1. The van der Waals surface area contributed by atoms with Gasteiger partial charge in [0.2, 0.25) is 16.2 Å². The van der Waals surface area contributed by atoms with Crippen LogP contribution in [0.3, 0.4) is 0 Å². The summed E-state index contributed by atoms with van der Waals surface area (Å²) < 4.78 is 0. The van der Waals surface area contributed by atoms with E-state index in [1.165, 1.54) is 16.9 Å². The van der Waals surface area contributed by atoms with E-state index in [0.29, 0.717) is 17.6 Å². The lowest BCUT2D eigenvalue weighted by Crippen LogP contribution is -2.41. The predicted octanol–water partition coefficient (Wildman–Crippen LogP) is 4.54. The van der Waals surface area contributed by atoms with Crippen LogP contribution in [0.4, 0.5) is 10.3 Å². The molecule has 1 aromatic heterocycles. The largest absolute Gasteiger partial charge is 0.357 e. The predicted molar refractivity (Wildman–Crippen MR) is 133 cm³/mol. The molecule has 0 aliphatic carbocycles. The number of carbonyl (C=O) groups excluding carboxylic acids is 1. The summed E-state index contributed by atoms with van der Waals surface area (Å²) in [7, 11) is 1.84. The fourth-order valence-corrected chi connectivity index (χ4v) is 4.18. The number of hydrogen-bond acceptors (Lipinski definition) is 6. The van der Waals surface area contributed by atoms with E-state index in [0.717, 1.165) is 48.9 Å². The van der Waals surface area contributed by atoms with Gasteiger partial charge in [-0.3, -0.25) is 9.79 Å². The molecule has 1 aromatic carbocycles. The van der Waals surface area contributed by atoms with E-state index in [4.69, 9.17) is 0 Å². The molecule has 32 heavy (non-hydrogen) atoms. The van der Waals surface area contributed by atoms with Gasteiger partial charge in [0, 0.05) is 26.2 Å². The molecule has 0 spiro atoms. The first-order valence-corrected chi connectivity index (χ1v) is 11.9. The van der Waals surface area contributed by atoms with Crippen molar-refractivity contribution in [2.75, 3.05) is 30.8 Å². The average Bonchev–Trinajstić information content (AvgIpc) is 3.24. The van der Waals surface area contributed by atoms with Crippen molar-refractivity contribution in [1.29, 1.82) is 0 Å². The highest BCUT2D eigenvalue weighted by atomic mass is 32.1. The SMILES string of the molecule is CC/C(C)=C/C=C\C(=NC)N1CCC(Nc2nnc(NC(=O)Cc3ccccc3)s2)CC1. The van der Waals surface area contributed by atoms with Gasteiger partial charge in [0.25, 0.3) is 0 Å². The highest BCUT2D eigenvalue weighted by Crippen LogP contribution is 2.23. The van der Waals surface area contributed by atoms with Gasteiger partial charge < -0.3 is 15.5 Å². The Morgan fingerprint density at radius 3 is 2.62 bits per heavy atom. The van der Waals surface area contributed by atoms with Gasteiger partial charge in [0.15, 0.2) is 0 Å². The number of nitrogens with zero attached hydrogens (tertiary/aromatic N) is 4. The third kappa shape index (κ3) is 7.30. The Balaban J connectivity index is 1.45. The summed E-state index contributed by atoms with van der Waals surface area (Å²) in [5.74, 6) is 0.929. The van der Waals surface area contributed by atoms with Gasteiger partial charge in [-0.2, -0.15) is 0 Å². The van der Waals surface area contributed by atoms with Crippen LogP contribution in [0.2, 0.25) is 0 Å². The molecule has 8 heteroatoms. The number of anilines is 2. The minimum absolute atomic E-state index is 0.0874. The number of nitrogens with one attached hydrogen (secondary N) is 2. The second-order valence-corrected chi connectivity index (χ2v) is 8.81. The Morgan fingerprint density at radius 2 is 1.94 bits per heavy atom. The highest BCUT2D eigenvalue weighted by Gasteiger charge is 2.21. The van der Waals surface area contributed by atoms with E-state index in [-0.39, 0.29) is 5.91 Å². The van der Waals surface area contributed by atoms with Gasteiger partial charge in [-0.1, -0.05) is 66.3 Å². The molecule has 1 fully saturated rings. The number of aromatic nitrogens is 2. The van der Waals surface area contributed by atoms with Crippen molar-refractivity contribution in [3.63, 3.8) is 0 Å². The smallest absolute Gasteiger partial charge is 0.230 e.